The van der Waals surface area contributed by atoms with E-state index in [2.05, 4.69) is 33.2 Å². The van der Waals surface area contributed by atoms with E-state index in [0.717, 1.165) is 54.3 Å². The summed E-state index contributed by atoms with van der Waals surface area (Å²) in [6, 6.07) is 14.4. The van der Waals surface area contributed by atoms with Gasteiger partial charge < -0.3 is 4.90 Å². The molecule has 0 unspecified atom stereocenters. The van der Waals surface area contributed by atoms with Crippen LogP contribution in [0.4, 0.5) is 5.82 Å². The molecule has 0 N–H and O–H groups in total. The maximum absolute atomic E-state index is 9.11. The Balaban J connectivity index is 1.57. The van der Waals surface area contributed by atoms with Crippen molar-refractivity contribution in [2.24, 2.45) is 0 Å². The summed E-state index contributed by atoms with van der Waals surface area (Å²) >= 11 is 0. The van der Waals surface area contributed by atoms with Gasteiger partial charge in [0.05, 0.1) is 17.3 Å². The van der Waals surface area contributed by atoms with Crippen LogP contribution < -0.4 is 4.90 Å². The van der Waals surface area contributed by atoms with Crippen LogP contribution in [0.25, 0.3) is 5.65 Å². The Morgan fingerprint density at radius 3 is 2.64 bits per heavy atom. The first-order valence-electron chi connectivity index (χ1n) is 8.73. The summed E-state index contributed by atoms with van der Waals surface area (Å²) in [5.74, 6) is 1.64. The fourth-order valence-corrected chi connectivity index (χ4v) is 3.72. The molecule has 5 heteroatoms. The summed E-state index contributed by atoms with van der Waals surface area (Å²) < 4.78 is 1.96. The van der Waals surface area contributed by atoms with E-state index in [1.165, 1.54) is 5.56 Å². The van der Waals surface area contributed by atoms with Crippen LogP contribution in [0.2, 0.25) is 0 Å². The molecule has 5 nitrogen and oxygen atoms in total. The zero-order valence-electron chi connectivity index (χ0n) is 14.6. The highest BCUT2D eigenvalue weighted by Gasteiger charge is 2.23. The van der Waals surface area contributed by atoms with Gasteiger partial charge in [-0.2, -0.15) is 14.9 Å². The molecule has 1 aliphatic heterocycles. The SMILES string of the molecule is Cc1cc(N2CCC(c3cccc(C#N)c3)CC2)n2nc(C)cc2n1. The standard InChI is InChI=1S/C20H21N5/c1-14-11-20(25-19(22-14)10-15(2)23-25)24-8-6-17(7-9-24)18-5-3-4-16(12-18)13-21/h3-5,10-12,17H,6-9H2,1-2H3. The van der Waals surface area contributed by atoms with Crippen molar-refractivity contribution in [3.63, 3.8) is 0 Å². The Hall–Kier alpha value is -2.87. The third-order valence-electron chi connectivity index (χ3n) is 4.96. The van der Waals surface area contributed by atoms with E-state index in [-0.39, 0.29) is 0 Å². The van der Waals surface area contributed by atoms with Crippen LogP contribution >= 0.6 is 0 Å². The summed E-state index contributed by atoms with van der Waals surface area (Å²) in [5, 5.41) is 13.7. The van der Waals surface area contributed by atoms with Gasteiger partial charge in [0, 0.05) is 30.9 Å². The van der Waals surface area contributed by atoms with Crippen molar-refractivity contribution in [1.82, 2.24) is 14.6 Å². The number of anilines is 1. The van der Waals surface area contributed by atoms with Crippen molar-refractivity contribution in [1.29, 1.82) is 5.26 Å². The molecule has 1 aliphatic rings. The molecule has 0 saturated carbocycles. The summed E-state index contributed by atoms with van der Waals surface area (Å²) in [5.41, 5.74) is 4.95. The van der Waals surface area contributed by atoms with E-state index in [1.807, 2.05) is 42.6 Å². The first-order valence-corrected chi connectivity index (χ1v) is 8.73. The number of rotatable bonds is 2. The smallest absolute Gasteiger partial charge is 0.157 e. The van der Waals surface area contributed by atoms with Gasteiger partial charge in [-0.1, -0.05) is 12.1 Å². The van der Waals surface area contributed by atoms with Crippen LogP contribution in [0.1, 0.15) is 41.3 Å². The maximum atomic E-state index is 9.11. The van der Waals surface area contributed by atoms with Gasteiger partial charge in [0.25, 0.3) is 0 Å². The van der Waals surface area contributed by atoms with Gasteiger partial charge in [0.15, 0.2) is 5.65 Å². The third kappa shape index (κ3) is 2.96. The quantitative estimate of drug-likeness (QED) is 0.720. The van der Waals surface area contributed by atoms with Gasteiger partial charge in [-0.15, -0.1) is 0 Å². The summed E-state index contributed by atoms with van der Waals surface area (Å²) in [7, 11) is 0. The van der Waals surface area contributed by atoms with Crippen molar-refractivity contribution in [3.8, 4) is 6.07 Å². The van der Waals surface area contributed by atoms with Crippen molar-refractivity contribution >= 4 is 11.5 Å². The van der Waals surface area contributed by atoms with Crippen LogP contribution in [0.15, 0.2) is 36.4 Å². The highest BCUT2D eigenvalue weighted by atomic mass is 15.3. The van der Waals surface area contributed by atoms with Crippen molar-refractivity contribution < 1.29 is 0 Å². The summed E-state index contributed by atoms with van der Waals surface area (Å²) in [4.78, 5) is 6.98. The third-order valence-corrected chi connectivity index (χ3v) is 4.96. The van der Waals surface area contributed by atoms with Crippen LogP contribution in [0.5, 0.6) is 0 Å². The Bertz CT molecular complexity index is 958. The summed E-state index contributed by atoms with van der Waals surface area (Å²) in [6.07, 6.45) is 2.16. The number of nitriles is 1. The fourth-order valence-electron chi connectivity index (χ4n) is 3.72. The van der Waals surface area contributed by atoms with Crippen molar-refractivity contribution in [3.05, 3.63) is 58.9 Å². The van der Waals surface area contributed by atoms with Crippen LogP contribution in [0.3, 0.4) is 0 Å². The van der Waals surface area contributed by atoms with Gasteiger partial charge in [-0.25, -0.2) is 4.98 Å². The molecule has 25 heavy (non-hydrogen) atoms. The normalized spacial score (nSPS) is 15.5. The highest BCUT2D eigenvalue weighted by Crippen LogP contribution is 2.31. The van der Waals surface area contributed by atoms with Gasteiger partial charge in [-0.3, -0.25) is 0 Å². The maximum Gasteiger partial charge on any atom is 0.157 e. The van der Waals surface area contributed by atoms with Gasteiger partial charge in [-0.05, 0) is 50.3 Å². The zero-order valence-corrected chi connectivity index (χ0v) is 14.6. The number of hydrogen-bond acceptors (Lipinski definition) is 4. The topological polar surface area (TPSA) is 57.2 Å². The molecule has 126 valence electrons. The molecule has 1 aromatic carbocycles. The number of hydrogen-bond donors (Lipinski definition) is 0. The minimum absolute atomic E-state index is 0.516. The Kier molecular flexibility index (Phi) is 3.89. The van der Waals surface area contributed by atoms with E-state index in [4.69, 9.17) is 5.26 Å². The number of piperidine rings is 1. The molecule has 0 radical (unpaired) electrons. The van der Waals surface area contributed by atoms with Gasteiger partial charge in [0.1, 0.15) is 5.82 Å². The van der Waals surface area contributed by atoms with Crippen LogP contribution in [0, 0.1) is 25.2 Å². The molecular formula is C20H21N5. The highest BCUT2D eigenvalue weighted by molar-refractivity contribution is 5.52. The predicted molar refractivity (Wildman–Crippen MR) is 97.8 cm³/mol. The molecule has 1 fully saturated rings. The number of fused-ring (bicyclic) bond motifs is 1. The number of aromatic nitrogens is 3. The van der Waals surface area contributed by atoms with Crippen molar-refractivity contribution in [2.75, 3.05) is 18.0 Å². The molecule has 2 aromatic heterocycles. The number of benzene rings is 1. The minimum atomic E-state index is 0.516. The molecule has 0 atom stereocenters. The van der Waals surface area contributed by atoms with Crippen LogP contribution in [-0.2, 0) is 0 Å². The number of aryl methyl sites for hydroxylation is 2. The number of nitrogens with zero attached hydrogens (tertiary/aromatic N) is 5. The first kappa shape index (κ1) is 15.6. The Labute approximate surface area is 147 Å². The molecule has 1 saturated heterocycles. The monoisotopic (exact) mass is 331 g/mol. The lowest BCUT2D eigenvalue weighted by atomic mass is 9.88. The average molecular weight is 331 g/mol. The molecule has 0 spiro atoms. The van der Waals surface area contributed by atoms with E-state index in [9.17, 15) is 0 Å². The lowest BCUT2D eigenvalue weighted by Gasteiger charge is -2.34. The van der Waals surface area contributed by atoms with Crippen molar-refractivity contribution in [2.45, 2.75) is 32.6 Å². The Morgan fingerprint density at radius 1 is 1.08 bits per heavy atom. The minimum Gasteiger partial charge on any atom is -0.356 e. The second kappa shape index (κ2) is 6.21. The van der Waals surface area contributed by atoms with E-state index in [0.29, 0.717) is 5.92 Å². The lowest BCUT2D eigenvalue weighted by molar-refractivity contribution is 0.499. The molecule has 0 bridgehead atoms. The molecule has 3 aromatic rings. The van der Waals surface area contributed by atoms with Gasteiger partial charge >= 0.3 is 0 Å². The van der Waals surface area contributed by atoms with E-state index in [1.54, 1.807) is 0 Å². The van der Waals surface area contributed by atoms with E-state index < -0.39 is 0 Å². The second-order valence-corrected chi connectivity index (χ2v) is 6.81. The van der Waals surface area contributed by atoms with E-state index >= 15 is 0 Å². The predicted octanol–water partition coefficient (Wildman–Crippen LogP) is 3.60. The average Bonchev–Trinajstić information content (AvgIpc) is 3.01. The largest absolute Gasteiger partial charge is 0.356 e. The molecular weight excluding hydrogens is 310 g/mol. The first-order chi connectivity index (χ1) is 12.1. The zero-order chi connectivity index (χ0) is 17.4. The fraction of sp³-hybridized carbons (Fsp3) is 0.350. The van der Waals surface area contributed by atoms with Gasteiger partial charge in [0.2, 0.25) is 0 Å². The lowest BCUT2D eigenvalue weighted by Crippen LogP contribution is -2.34. The molecule has 3 heterocycles. The second-order valence-electron chi connectivity index (χ2n) is 6.81. The molecule has 0 amide bonds. The molecule has 4 rings (SSSR count). The Morgan fingerprint density at radius 2 is 1.88 bits per heavy atom. The summed E-state index contributed by atoms with van der Waals surface area (Å²) in [6.45, 7) is 6.01. The van der Waals surface area contributed by atoms with Crippen LogP contribution in [-0.4, -0.2) is 27.7 Å². The molecule has 0 aliphatic carbocycles.